The second-order valence-corrected chi connectivity index (χ2v) is 6.22. The summed E-state index contributed by atoms with van der Waals surface area (Å²) in [5.74, 6) is 0.814. The van der Waals surface area contributed by atoms with Crippen molar-refractivity contribution < 1.29 is 0 Å². The summed E-state index contributed by atoms with van der Waals surface area (Å²) in [5, 5.41) is 13.3. The van der Waals surface area contributed by atoms with Crippen LogP contribution in [0.2, 0.25) is 0 Å². The number of aryl methyl sites for hydroxylation is 1. The summed E-state index contributed by atoms with van der Waals surface area (Å²) in [6, 6.07) is 10.9. The molecule has 0 spiro atoms. The van der Waals surface area contributed by atoms with Crippen molar-refractivity contribution >= 4 is 5.69 Å². The number of rotatable bonds is 4. The van der Waals surface area contributed by atoms with Gasteiger partial charge in [-0.3, -0.25) is 0 Å². The molecule has 1 aromatic rings. The molecule has 1 saturated carbocycles. The van der Waals surface area contributed by atoms with Crippen LogP contribution in [0.5, 0.6) is 0 Å². The molecule has 0 bridgehead atoms. The van der Waals surface area contributed by atoms with E-state index in [1.165, 1.54) is 31.2 Å². The largest absolute Gasteiger partial charge is 0.367 e. The SMILES string of the molecule is CCCC1CCCC(C#N)(Nc2ccccc2C)CC1. The molecule has 2 atom stereocenters. The highest BCUT2D eigenvalue weighted by atomic mass is 15.0. The summed E-state index contributed by atoms with van der Waals surface area (Å²) < 4.78 is 0. The smallest absolute Gasteiger partial charge is 0.125 e. The summed E-state index contributed by atoms with van der Waals surface area (Å²) in [6.45, 7) is 4.36. The summed E-state index contributed by atoms with van der Waals surface area (Å²) in [4.78, 5) is 0. The van der Waals surface area contributed by atoms with Gasteiger partial charge in [0.2, 0.25) is 0 Å². The van der Waals surface area contributed by atoms with Crippen LogP contribution in [0.15, 0.2) is 24.3 Å². The summed E-state index contributed by atoms with van der Waals surface area (Å²) in [6.07, 6.45) is 8.14. The molecule has 1 N–H and O–H groups in total. The van der Waals surface area contributed by atoms with Crippen molar-refractivity contribution in [1.82, 2.24) is 0 Å². The number of nitrogens with one attached hydrogen (secondary N) is 1. The fourth-order valence-electron chi connectivity index (χ4n) is 3.34. The number of nitriles is 1. The molecule has 2 heteroatoms. The average molecular weight is 270 g/mol. The molecule has 2 unspecified atom stereocenters. The number of para-hydroxylation sites is 1. The highest BCUT2D eigenvalue weighted by Gasteiger charge is 2.33. The number of benzene rings is 1. The fourth-order valence-corrected chi connectivity index (χ4v) is 3.34. The Morgan fingerprint density at radius 2 is 2.10 bits per heavy atom. The van der Waals surface area contributed by atoms with Crippen molar-refractivity contribution in [3.63, 3.8) is 0 Å². The van der Waals surface area contributed by atoms with Gasteiger partial charge < -0.3 is 5.32 Å². The summed E-state index contributed by atoms with van der Waals surface area (Å²) >= 11 is 0. The molecule has 0 saturated heterocycles. The maximum absolute atomic E-state index is 9.72. The van der Waals surface area contributed by atoms with Crippen molar-refractivity contribution in [2.75, 3.05) is 5.32 Å². The van der Waals surface area contributed by atoms with E-state index < -0.39 is 0 Å². The molecular weight excluding hydrogens is 244 g/mol. The lowest BCUT2D eigenvalue weighted by Gasteiger charge is -2.28. The van der Waals surface area contributed by atoms with Crippen LogP contribution in [-0.4, -0.2) is 5.54 Å². The number of hydrogen-bond donors (Lipinski definition) is 1. The van der Waals surface area contributed by atoms with Crippen LogP contribution >= 0.6 is 0 Å². The van der Waals surface area contributed by atoms with Gasteiger partial charge in [-0.05, 0) is 50.2 Å². The third-order valence-corrected chi connectivity index (χ3v) is 4.63. The number of anilines is 1. The van der Waals surface area contributed by atoms with Crippen LogP contribution in [-0.2, 0) is 0 Å². The summed E-state index contributed by atoms with van der Waals surface area (Å²) in [5.41, 5.74) is 1.97. The van der Waals surface area contributed by atoms with Crippen LogP contribution in [0.3, 0.4) is 0 Å². The first-order chi connectivity index (χ1) is 9.69. The molecule has 1 aromatic carbocycles. The van der Waals surface area contributed by atoms with Crippen molar-refractivity contribution in [2.24, 2.45) is 5.92 Å². The summed E-state index contributed by atoms with van der Waals surface area (Å²) in [7, 11) is 0. The molecule has 0 amide bonds. The Labute approximate surface area is 123 Å². The van der Waals surface area contributed by atoms with E-state index in [0.717, 1.165) is 30.9 Å². The van der Waals surface area contributed by atoms with E-state index in [2.05, 4.69) is 37.4 Å². The normalized spacial score (nSPS) is 26.6. The fraction of sp³-hybridized carbons (Fsp3) is 0.611. The average Bonchev–Trinajstić information content (AvgIpc) is 2.66. The van der Waals surface area contributed by atoms with Crippen molar-refractivity contribution in [1.29, 1.82) is 5.26 Å². The zero-order valence-corrected chi connectivity index (χ0v) is 12.8. The zero-order chi connectivity index (χ0) is 14.4. The van der Waals surface area contributed by atoms with Gasteiger partial charge in [0.25, 0.3) is 0 Å². The number of hydrogen-bond acceptors (Lipinski definition) is 2. The van der Waals surface area contributed by atoms with E-state index in [0.29, 0.717) is 0 Å². The van der Waals surface area contributed by atoms with Crippen molar-refractivity contribution in [2.45, 2.75) is 64.3 Å². The minimum absolute atomic E-state index is 0.366. The van der Waals surface area contributed by atoms with E-state index in [1.54, 1.807) is 0 Å². The van der Waals surface area contributed by atoms with Crippen LogP contribution < -0.4 is 5.32 Å². The van der Waals surface area contributed by atoms with Gasteiger partial charge in [0.1, 0.15) is 5.54 Å². The molecule has 20 heavy (non-hydrogen) atoms. The topological polar surface area (TPSA) is 35.8 Å². The van der Waals surface area contributed by atoms with Gasteiger partial charge in [-0.25, -0.2) is 0 Å². The van der Waals surface area contributed by atoms with Crippen molar-refractivity contribution in [3.8, 4) is 6.07 Å². The van der Waals surface area contributed by atoms with E-state index in [9.17, 15) is 5.26 Å². The van der Waals surface area contributed by atoms with Gasteiger partial charge in [-0.2, -0.15) is 5.26 Å². The molecule has 1 aliphatic rings. The highest BCUT2D eigenvalue weighted by Crippen LogP contribution is 2.35. The van der Waals surface area contributed by atoms with Gasteiger partial charge in [0.05, 0.1) is 6.07 Å². The third-order valence-electron chi connectivity index (χ3n) is 4.63. The van der Waals surface area contributed by atoms with E-state index in [1.807, 2.05) is 12.1 Å². The zero-order valence-electron chi connectivity index (χ0n) is 12.8. The standard InChI is InChI=1S/C18H26N2/c1-3-7-16-9-6-12-18(14-19,13-11-16)20-17-10-5-4-8-15(17)2/h4-5,8,10,16,20H,3,6-7,9,11-13H2,1-2H3. The molecule has 2 rings (SSSR count). The van der Waals surface area contributed by atoms with E-state index in [4.69, 9.17) is 0 Å². The van der Waals surface area contributed by atoms with E-state index >= 15 is 0 Å². The van der Waals surface area contributed by atoms with Gasteiger partial charge in [-0.15, -0.1) is 0 Å². The number of nitrogens with zero attached hydrogens (tertiary/aromatic N) is 1. The maximum Gasteiger partial charge on any atom is 0.125 e. The van der Waals surface area contributed by atoms with Gasteiger partial charge in [-0.1, -0.05) is 44.4 Å². The van der Waals surface area contributed by atoms with Crippen LogP contribution in [0.1, 0.15) is 57.4 Å². The minimum Gasteiger partial charge on any atom is -0.367 e. The molecule has 0 aliphatic heterocycles. The van der Waals surface area contributed by atoms with Gasteiger partial charge in [0.15, 0.2) is 0 Å². The maximum atomic E-state index is 9.72. The lowest BCUT2D eigenvalue weighted by Crippen LogP contribution is -2.36. The minimum atomic E-state index is -0.366. The van der Waals surface area contributed by atoms with Crippen LogP contribution in [0, 0.1) is 24.2 Å². The van der Waals surface area contributed by atoms with Gasteiger partial charge in [0, 0.05) is 5.69 Å². The van der Waals surface area contributed by atoms with Gasteiger partial charge >= 0.3 is 0 Å². The molecular formula is C18H26N2. The van der Waals surface area contributed by atoms with Crippen LogP contribution in [0.25, 0.3) is 0 Å². The Bertz CT molecular complexity index is 475. The monoisotopic (exact) mass is 270 g/mol. The molecule has 1 fully saturated rings. The lowest BCUT2D eigenvalue weighted by molar-refractivity contribution is 0.416. The van der Waals surface area contributed by atoms with E-state index in [-0.39, 0.29) is 5.54 Å². The van der Waals surface area contributed by atoms with Crippen molar-refractivity contribution in [3.05, 3.63) is 29.8 Å². The lowest BCUT2D eigenvalue weighted by atomic mass is 9.89. The second-order valence-electron chi connectivity index (χ2n) is 6.22. The molecule has 2 nitrogen and oxygen atoms in total. The first kappa shape index (κ1) is 14.9. The van der Waals surface area contributed by atoms with Crippen LogP contribution in [0.4, 0.5) is 5.69 Å². The molecule has 1 aliphatic carbocycles. The third kappa shape index (κ3) is 3.54. The Balaban J connectivity index is 2.10. The molecule has 108 valence electrons. The molecule has 0 heterocycles. The predicted molar refractivity (Wildman–Crippen MR) is 84.6 cm³/mol. The Hall–Kier alpha value is -1.49. The predicted octanol–water partition coefficient (Wildman–Crippen LogP) is 5.05. The first-order valence-corrected chi connectivity index (χ1v) is 7.94. The Morgan fingerprint density at radius 1 is 1.30 bits per heavy atom. The Morgan fingerprint density at radius 3 is 2.80 bits per heavy atom. The second kappa shape index (κ2) is 6.79. The molecule has 0 radical (unpaired) electrons. The Kier molecular flexibility index (Phi) is 5.06. The highest BCUT2D eigenvalue weighted by molar-refractivity contribution is 5.53. The first-order valence-electron chi connectivity index (χ1n) is 7.94. The molecule has 0 aromatic heterocycles. The quantitative estimate of drug-likeness (QED) is 0.777.